The zero-order chi connectivity index (χ0) is 26.5. The van der Waals surface area contributed by atoms with Gasteiger partial charge in [0.15, 0.2) is 0 Å². The molecular formula is C26H31F2N3O5. The average Bonchev–Trinajstić information content (AvgIpc) is 2.83. The van der Waals surface area contributed by atoms with Crippen molar-refractivity contribution in [3.05, 3.63) is 53.2 Å². The van der Waals surface area contributed by atoms with Crippen LogP contribution in [-0.4, -0.2) is 52.5 Å². The Kier molecular flexibility index (Phi) is 8.60. The van der Waals surface area contributed by atoms with Crippen LogP contribution in [0, 0.1) is 6.92 Å². The van der Waals surface area contributed by atoms with Gasteiger partial charge in [-0.15, -0.1) is 0 Å². The van der Waals surface area contributed by atoms with Gasteiger partial charge in [-0.25, -0.2) is 4.98 Å². The van der Waals surface area contributed by atoms with Crippen molar-refractivity contribution < 1.29 is 33.0 Å². The third-order valence-corrected chi connectivity index (χ3v) is 6.50. The number of hydrogen-bond acceptors (Lipinski definition) is 5. The number of carbonyl (C=O) groups is 3. The molecule has 1 aromatic heterocycles. The number of carboxylic acids is 1. The standard InChI is InChI=1S/C26H31F2N3O5/c1-16(2)18-6-4-5-7-19(18)26(12-14-31(15-13-26)21(32)10-11-22(33)34)24(35)30-20-9-8-17(3)29-23(20)36-25(27)28/h4-9,16,25H,10-15H2,1-3H3,(H,30,35)(H,33,34). The Balaban J connectivity index is 1.95. The number of piperidine rings is 1. The second kappa shape index (κ2) is 11.5. The van der Waals surface area contributed by atoms with Gasteiger partial charge < -0.3 is 20.1 Å². The van der Waals surface area contributed by atoms with E-state index in [1.807, 2.05) is 38.1 Å². The second-order valence-electron chi connectivity index (χ2n) is 9.24. The fourth-order valence-electron chi connectivity index (χ4n) is 4.61. The molecule has 0 unspecified atom stereocenters. The molecule has 0 radical (unpaired) electrons. The van der Waals surface area contributed by atoms with Crippen LogP contribution in [-0.2, 0) is 19.8 Å². The van der Waals surface area contributed by atoms with E-state index >= 15 is 0 Å². The Bertz CT molecular complexity index is 1110. The lowest BCUT2D eigenvalue weighted by Crippen LogP contribution is -2.51. The minimum Gasteiger partial charge on any atom is -0.481 e. The number of rotatable bonds is 9. The number of alkyl halides is 2. The number of hydrogen-bond donors (Lipinski definition) is 2. The van der Waals surface area contributed by atoms with Gasteiger partial charge in [0.05, 0.1) is 11.8 Å². The first-order valence-electron chi connectivity index (χ1n) is 11.9. The summed E-state index contributed by atoms with van der Waals surface area (Å²) in [4.78, 5) is 42.9. The maximum absolute atomic E-state index is 13.9. The number of halogens is 2. The smallest absolute Gasteiger partial charge is 0.388 e. The quantitative estimate of drug-likeness (QED) is 0.522. The summed E-state index contributed by atoms with van der Waals surface area (Å²) in [7, 11) is 0. The molecule has 2 N–H and O–H groups in total. The summed E-state index contributed by atoms with van der Waals surface area (Å²) < 4.78 is 30.5. The molecule has 2 heterocycles. The highest BCUT2D eigenvalue weighted by Crippen LogP contribution is 2.41. The Morgan fingerprint density at radius 3 is 2.39 bits per heavy atom. The largest absolute Gasteiger partial charge is 0.481 e. The summed E-state index contributed by atoms with van der Waals surface area (Å²) in [6.07, 6.45) is 0.197. The molecule has 2 amide bonds. The highest BCUT2D eigenvalue weighted by Gasteiger charge is 2.45. The molecule has 36 heavy (non-hydrogen) atoms. The predicted octanol–water partition coefficient (Wildman–Crippen LogP) is 4.48. The van der Waals surface area contributed by atoms with Gasteiger partial charge in [0.25, 0.3) is 0 Å². The molecule has 8 nitrogen and oxygen atoms in total. The number of carboxylic acid groups (broad SMARTS) is 1. The normalized spacial score (nSPS) is 15.1. The number of aryl methyl sites for hydroxylation is 1. The number of amides is 2. The summed E-state index contributed by atoms with van der Waals surface area (Å²) in [5.74, 6) is -1.99. The molecule has 3 rings (SSSR count). The number of aromatic nitrogens is 1. The zero-order valence-electron chi connectivity index (χ0n) is 20.6. The predicted molar refractivity (Wildman–Crippen MR) is 129 cm³/mol. The highest BCUT2D eigenvalue weighted by molar-refractivity contribution is 6.00. The summed E-state index contributed by atoms with van der Waals surface area (Å²) in [5.41, 5.74) is 1.23. The first-order valence-corrected chi connectivity index (χ1v) is 11.9. The molecule has 1 aliphatic rings. The number of pyridine rings is 1. The second-order valence-corrected chi connectivity index (χ2v) is 9.24. The number of aliphatic carboxylic acids is 1. The summed E-state index contributed by atoms with van der Waals surface area (Å²) in [6, 6.07) is 10.7. The van der Waals surface area contributed by atoms with Crippen molar-refractivity contribution >= 4 is 23.5 Å². The monoisotopic (exact) mass is 503 g/mol. The minimum atomic E-state index is -3.11. The van der Waals surface area contributed by atoms with Crippen LogP contribution < -0.4 is 10.1 Å². The number of carbonyl (C=O) groups excluding carboxylic acids is 2. The van der Waals surface area contributed by atoms with Crippen LogP contribution in [0.25, 0.3) is 0 Å². The lowest BCUT2D eigenvalue weighted by molar-refractivity contribution is -0.141. The maximum Gasteiger partial charge on any atom is 0.388 e. The topological polar surface area (TPSA) is 109 Å². The molecule has 1 fully saturated rings. The van der Waals surface area contributed by atoms with E-state index in [2.05, 4.69) is 15.0 Å². The molecule has 10 heteroatoms. The number of benzene rings is 1. The maximum atomic E-state index is 13.9. The SMILES string of the molecule is Cc1ccc(NC(=O)C2(c3ccccc3C(C)C)CCN(C(=O)CCC(=O)O)CC2)c(OC(F)F)n1. The molecule has 1 aliphatic heterocycles. The van der Waals surface area contributed by atoms with Crippen molar-refractivity contribution in [1.29, 1.82) is 0 Å². The molecule has 1 saturated heterocycles. The van der Waals surface area contributed by atoms with Gasteiger partial charge in [-0.1, -0.05) is 38.1 Å². The van der Waals surface area contributed by atoms with Crippen LogP contribution in [0.4, 0.5) is 14.5 Å². The van der Waals surface area contributed by atoms with Crippen LogP contribution in [0.15, 0.2) is 36.4 Å². The number of nitrogens with one attached hydrogen (secondary N) is 1. The Morgan fingerprint density at radius 2 is 1.78 bits per heavy atom. The lowest BCUT2D eigenvalue weighted by atomic mass is 9.69. The first kappa shape index (κ1) is 27.0. The molecule has 0 bridgehead atoms. The fraction of sp³-hybridized carbons (Fsp3) is 0.462. The third kappa shape index (κ3) is 6.16. The highest BCUT2D eigenvalue weighted by atomic mass is 19.3. The Morgan fingerprint density at radius 1 is 1.11 bits per heavy atom. The fourth-order valence-corrected chi connectivity index (χ4v) is 4.61. The van der Waals surface area contributed by atoms with Crippen LogP contribution in [0.2, 0.25) is 0 Å². The summed E-state index contributed by atoms with van der Waals surface area (Å²) in [6.45, 7) is 3.07. The van der Waals surface area contributed by atoms with Crippen molar-refractivity contribution in [3.63, 3.8) is 0 Å². The molecule has 1 aromatic carbocycles. The van der Waals surface area contributed by atoms with E-state index in [1.54, 1.807) is 17.9 Å². The van der Waals surface area contributed by atoms with Crippen molar-refractivity contribution in [2.24, 2.45) is 0 Å². The van der Waals surface area contributed by atoms with E-state index < -0.39 is 23.9 Å². The van der Waals surface area contributed by atoms with E-state index in [1.165, 1.54) is 6.07 Å². The van der Waals surface area contributed by atoms with Crippen LogP contribution in [0.1, 0.15) is 62.3 Å². The van der Waals surface area contributed by atoms with Gasteiger partial charge in [-0.2, -0.15) is 8.78 Å². The zero-order valence-corrected chi connectivity index (χ0v) is 20.6. The van der Waals surface area contributed by atoms with Crippen LogP contribution in [0.3, 0.4) is 0 Å². The van der Waals surface area contributed by atoms with Crippen molar-refractivity contribution in [2.45, 2.75) is 64.4 Å². The van der Waals surface area contributed by atoms with Gasteiger partial charge in [-0.05, 0) is 48.9 Å². The van der Waals surface area contributed by atoms with Gasteiger partial charge in [0.1, 0.15) is 5.69 Å². The van der Waals surface area contributed by atoms with E-state index in [4.69, 9.17) is 5.11 Å². The number of nitrogens with zero attached hydrogens (tertiary/aromatic N) is 2. The lowest BCUT2D eigenvalue weighted by Gasteiger charge is -2.42. The number of anilines is 1. The van der Waals surface area contributed by atoms with Crippen LogP contribution in [0.5, 0.6) is 5.88 Å². The Hall–Kier alpha value is -3.56. The van der Waals surface area contributed by atoms with Gasteiger partial charge >= 0.3 is 12.6 Å². The van der Waals surface area contributed by atoms with Gasteiger partial charge in [0, 0.05) is 25.2 Å². The van der Waals surface area contributed by atoms with Crippen molar-refractivity contribution in [2.75, 3.05) is 18.4 Å². The average molecular weight is 504 g/mol. The molecule has 2 aromatic rings. The number of likely N-dealkylation sites (tertiary alicyclic amines) is 1. The van der Waals surface area contributed by atoms with E-state index in [9.17, 15) is 23.2 Å². The Labute approximate surface area is 208 Å². The summed E-state index contributed by atoms with van der Waals surface area (Å²) >= 11 is 0. The van der Waals surface area contributed by atoms with Crippen molar-refractivity contribution in [1.82, 2.24) is 9.88 Å². The molecular weight excluding hydrogens is 472 g/mol. The van der Waals surface area contributed by atoms with Crippen molar-refractivity contribution in [3.8, 4) is 5.88 Å². The molecule has 0 saturated carbocycles. The number of ether oxygens (including phenoxy) is 1. The molecule has 0 aliphatic carbocycles. The molecule has 194 valence electrons. The van der Waals surface area contributed by atoms with E-state index in [-0.39, 0.29) is 62.2 Å². The molecule has 0 spiro atoms. The van der Waals surface area contributed by atoms with Gasteiger partial charge in [0.2, 0.25) is 17.7 Å². The van der Waals surface area contributed by atoms with Crippen LogP contribution >= 0.6 is 0 Å². The third-order valence-electron chi connectivity index (χ3n) is 6.50. The minimum absolute atomic E-state index is 0.0345. The first-order chi connectivity index (χ1) is 17.0. The summed E-state index contributed by atoms with van der Waals surface area (Å²) in [5, 5.41) is 11.7. The van der Waals surface area contributed by atoms with E-state index in [0.717, 1.165) is 11.1 Å². The van der Waals surface area contributed by atoms with Gasteiger partial charge in [-0.3, -0.25) is 14.4 Å². The molecule has 0 atom stereocenters. The van der Waals surface area contributed by atoms with E-state index in [0.29, 0.717) is 5.69 Å².